The van der Waals surface area contributed by atoms with E-state index in [1.54, 1.807) is 35.2 Å². The number of hydrogen-bond donors (Lipinski definition) is 2. The Labute approximate surface area is 257 Å². The van der Waals surface area contributed by atoms with Crippen LogP contribution in [0.25, 0.3) is 0 Å². The molecule has 2 fully saturated rings. The van der Waals surface area contributed by atoms with Gasteiger partial charge in [-0.3, -0.25) is 9.59 Å². The van der Waals surface area contributed by atoms with Crippen molar-refractivity contribution in [1.29, 1.82) is 0 Å². The zero-order chi connectivity index (χ0) is 31.5. The Kier molecular flexibility index (Phi) is 11.7. The van der Waals surface area contributed by atoms with E-state index < -0.39 is 18.3 Å². The van der Waals surface area contributed by atoms with E-state index >= 15 is 0 Å². The molecule has 4 rings (SSSR count). The molecular formula is C32H41FN6O5. The number of halogens is 1. The van der Waals surface area contributed by atoms with Crippen LogP contribution in [0.15, 0.2) is 67.3 Å². The Morgan fingerprint density at radius 1 is 1.05 bits per heavy atom. The number of urea groups is 1. The van der Waals surface area contributed by atoms with Gasteiger partial charge in [0.15, 0.2) is 0 Å². The van der Waals surface area contributed by atoms with Crippen LogP contribution < -0.4 is 10.6 Å². The third-order valence-electron chi connectivity index (χ3n) is 7.77. The lowest BCUT2D eigenvalue weighted by Crippen LogP contribution is -2.76. The molecule has 0 aromatic heterocycles. The number of likely N-dealkylation sites (N-methyl/N-ethyl adjacent to an activating group) is 1. The van der Waals surface area contributed by atoms with Gasteiger partial charge in [-0.2, -0.15) is 0 Å². The number of alkyl carbamates (subject to hydrolysis) is 1. The first kappa shape index (κ1) is 32.5. The van der Waals surface area contributed by atoms with Crippen LogP contribution in [0.3, 0.4) is 0 Å². The lowest BCUT2D eigenvalue weighted by atomic mass is 10.0. The molecule has 0 spiro atoms. The fraction of sp³-hybridized carbons (Fsp3) is 0.438. The van der Waals surface area contributed by atoms with E-state index in [9.17, 15) is 23.6 Å². The van der Waals surface area contributed by atoms with Crippen LogP contribution in [-0.2, 0) is 27.3 Å². The molecule has 2 aromatic carbocycles. The van der Waals surface area contributed by atoms with Gasteiger partial charge in [0.25, 0.3) is 0 Å². The maximum atomic E-state index is 14.1. The van der Waals surface area contributed by atoms with Gasteiger partial charge < -0.3 is 25.2 Å². The van der Waals surface area contributed by atoms with Crippen LogP contribution in [0, 0.1) is 5.82 Å². The SMILES string of the molecule is C=CCOC(=O)NCCC[C@H]1C(=O)N(CCCCc2ccccc2F)C[C@H]2N1C(=O)CN(C)N2C(=O)NCc1ccccc1. The molecule has 11 nitrogen and oxygen atoms in total. The second-order valence-corrected chi connectivity index (χ2v) is 10.9. The second kappa shape index (κ2) is 15.9. The lowest BCUT2D eigenvalue weighted by Gasteiger charge is -2.54. The average Bonchev–Trinajstić information content (AvgIpc) is 3.01. The smallest absolute Gasteiger partial charge is 0.407 e. The van der Waals surface area contributed by atoms with E-state index in [1.807, 2.05) is 30.3 Å². The van der Waals surface area contributed by atoms with Gasteiger partial charge in [0, 0.05) is 26.7 Å². The van der Waals surface area contributed by atoms with Gasteiger partial charge in [-0.05, 0) is 49.3 Å². The number of unbranched alkanes of at least 4 members (excludes halogenated alkanes) is 1. The molecule has 2 N–H and O–H groups in total. The number of carbonyl (C=O) groups is 4. The molecule has 0 bridgehead atoms. The number of aryl methyl sites for hydroxylation is 1. The van der Waals surface area contributed by atoms with Crippen molar-refractivity contribution in [2.45, 2.75) is 50.9 Å². The number of benzene rings is 2. The number of hydrazine groups is 1. The first-order valence-electron chi connectivity index (χ1n) is 15.0. The molecular weight excluding hydrogens is 567 g/mol. The standard InChI is InChI=1S/C32H41FN6O5/c1-3-20-44-32(43)34-18-11-17-27-30(41)37(19-10-9-15-25-14-7-8-16-26(25)33)22-28-38(27)29(40)23-36(2)39(28)31(42)35-21-24-12-5-4-6-13-24/h3-8,12-14,16,27-28H,1,9-11,15,17-23H2,2H3,(H,34,43)(H,35,42)/t27-,28-/m0/s1. The Morgan fingerprint density at radius 3 is 2.55 bits per heavy atom. The van der Waals surface area contributed by atoms with E-state index in [-0.39, 0.29) is 56.3 Å². The molecule has 0 radical (unpaired) electrons. The summed E-state index contributed by atoms with van der Waals surface area (Å²) in [7, 11) is 1.68. The third kappa shape index (κ3) is 8.34. The van der Waals surface area contributed by atoms with Crippen LogP contribution in [0.4, 0.5) is 14.0 Å². The lowest BCUT2D eigenvalue weighted by molar-refractivity contribution is -0.187. The summed E-state index contributed by atoms with van der Waals surface area (Å²) in [6.07, 6.45) is 2.69. The Morgan fingerprint density at radius 2 is 1.80 bits per heavy atom. The van der Waals surface area contributed by atoms with Crippen molar-refractivity contribution in [3.8, 4) is 0 Å². The molecule has 2 aromatic rings. The van der Waals surface area contributed by atoms with Crippen LogP contribution >= 0.6 is 0 Å². The number of rotatable bonds is 13. The number of ether oxygens (including phenoxy) is 1. The molecule has 2 atom stereocenters. The minimum atomic E-state index is -0.808. The molecule has 2 heterocycles. The molecule has 0 aliphatic carbocycles. The summed E-state index contributed by atoms with van der Waals surface area (Å²) >= 11 is 0. The second-order valence-electron chi connectivity index (χ2n) is 10.9. The van der Waals surface area contributed by atoms with Crippen LogP contribution in [0.5, 0.6) is 0 Å². The number of fused-ring (bicyclic) bond motifs is 1. The molecule has 0 unspecified atom stereocenters. The zero-order valence-electron chi connectivity index (χ0n) is 25.1. The quantitative estimate of drug-likeness (QED) is 0.267. The Balaban J connectivity index is 1.47. The highest BCUT2D eigenvalue weighted by molar-refractivity contribution is 5.91. The minimum absolute atomic E-state index is 0.0617. The highest BCUT2D eigenvalue weighted by Gasteiger charge is 2.50. The summed E-state index contributed by atoms with van der Waals surface area (Å²) in [5.41, 5.74) is 1.56. The van der Waals surface area contributed by atoms with E-state index in [4.69, 9.17) is 4.74 Å². The number of amides is 5. The van der Waals surface area contributed by atoms with Gasteiger partial charge in [0.2, 0.25) is 11.8 Å². The van der Waals surface area contributed by atoms with E-state index in [0.29, 0.717) is 44.3 Å². The summed E-state index contributed by atoms with van der Waals surface area (Å²) in [5.74, 6) is -0.704. The molecule has 2 aliphatic heterocycles. The van der Waals surface area contributed by atoms with Gasteiger partial charge >= 0.3 is 12.1 Å². The van der Waals surface area contributed by atoms with Crippen molar-refractivity contribution in [1.82, 2.24) is 30.5 Å². The summed E-state index contributed by atoms with van der Waals surface area (Å²) in [4.78, 5) is 55.8. The highest BCUT2D eigenvalue weighted by atomic mass is 19.1. The molecule has 2 saturated heterocycles. The molecule has 0 saturated carbocycles. The normalized spacial score (nSPS) is 18.5. The summed E-state index contributed by atoms with van der Waals surface area (Å²) in [6, 6.07) is 15.0. The molecule has 5 amide bonds. The van der Waals surface area contributed by atoms with Gasteiger partial charge in [-0.25, -0.2) is 24.0 Å². The fourth-order valence-corrected chi connectivity index (χ4v) is 5.63. The predicted octanol–water partition coefficient (Wildman–Crippen LogP) is 3.28. The van der Waals surface area contributed by atoms with Crippen LogP contribution in [0.1, 0.15) is 36.8 Å². The zero-order valence-corrected chi connectivity index (χ0v) is 25.1. The minimum Gasteiger partial charge on any atom is -0.445 e. The van der Waals surface area contributed by atoms with Crippen molar-refractivity contribution in [2.24, 2.45) is 0 Å². The number of nitrogens with zero attached hydrogens (tertiary/aromatic N) is 4. The fourth-order valence-electron chi connectivity index (χ4n) is 5.63. The van der Waals surface area contributed by atoms with Crippen molar-refractivity contribution in [3.05, 3.63) is 84.2 Å². The highest BCUT2D eigenvalue weighted by Crippen LogP contribution is 2.28. The first-order chi connectivity index (χ1) is 21.3. The van der Waals surface area contributed by atoms with E-state index in [0.717, 1.165) is 5.56 Å². The van der Waals surface area contributed by atoms with Gasteiger partial charge in [-0.15, -0.1) is 0 Å². The number of nitrogens with one attached hydrogen (secondary N) is 2. The average molecular weight is 609 g/mol. The number of hydrogen-bond acceptors (Lipinski definition) is 6. The van der Waals surface area contributed by atoms with Crippen molar-refractivity contribution in [3.63, 3.8) is 0 Å². The first-order valence-corrected chi connectivity index (χ1v) is 15.0. The number of carbonyl (C=O) groups excluding carboxylic acids is 4. The molecule has 12 heteroatoms. The Bertz CT molecular complexity index is 1310. The van der Waals surface area contributed by atoms with Crippen LogP contribution in [-0.4, -0.2) is 95.8 Å². The summed E-state index contributed by atoms with van der Waals surface area (Å²) in [6.45, 7) is 4.63. The van der Waals surface area contributed by atoms with Gasteiger partial charge in [0.1, 0.15) is 24.6 Å². The third-order valence-corrected chi connectivity index (χ3v) is 7.77. The maximum Gasteiger partial charge on any atom is 0.407 e. The summed E-state index contributed by atoms with van der Waals surface area (Å²) < 4.78 is 19.0. The monoisotopic (exact) mass is 608 g/mol. The van der Waals surface area contributed by atoms with Crippen LogP contribution in [0.2, 0.25) is 0 Å². The Hall–Kier alpha value is -4.45. The van der Waals surface area contributed by atoms with Crippen molar-refractivity contribution < 1.29 is 28.3 Å². The summed E-state index contributed by atoms with van der Waals surface area (Å²) in [5, 5.41) is 8.69. The molecule has 2 aliphatic rings. The van der Waals surface area contributed by atoms with E-state index in [1.165, 1.54) is 22.1 Å². The largest absolute Gasteiger partial charge is 0.445 e. The van der Waals surface area contributed by atoms with Crippen molar-refractivity contribution >= 4 is 23.9 Å². The topological polar surface area (TPSA) is 115 Å². The van der Waals surface area contributed by atoms with Gasteiger partial charge in [0.05, 0.1) is 13.1 Å². The molecule has 44 heavy (non-hydrogen) atoms. The van der Waals surface area contributed by atoms with E-state index in [2.05, 4.69) is 17.2 Å². The number of piperazine rings is 1. The predicted molar refractivity (Wildman–Crippen MR) is 162 cm³/mol. The maximum absolute atomic E-state index is 14.1. The molecule has 236 valence electrons. The van der Waals surface area contributed by atoms with Crippen molar-refractivity contribution in [2.75, 3.05) is 39.8 Å². The van der Waals surface area contributed by atoms with Gasteiger partial charge in [-0.1, -0.05) is 61.2 Å².